The van der Waals surface area contributed by atoms with E-state index in [1.807, 2.05) is 25.6 Å². The van der Waals surface area contributed by atoms with E-state index >= 15 is 0 Å². The zero-order valence-electron chi connectivity index (χ0n) is 11.8. The highest BCUT2D eigenvalue weighted by molar-refractivity contribution is 7.98. The first-order valence-corrected chi connectivity index (χ1v) is 8.27. The molecule has 0 aromatic carbocycles. The first-order valence-electron chi connectivity index (χ1n) is 6.11. The number of thioether (sulfide) groups is 1. The third-order valence-electron chi connectivity index (χ3n) is 2.73. The first kappa shape index (κ1) is 15.4. The van der Waals surface area contributed by atoms with Crippen LogP contribution in [0, 0.1) is 0 Å². The Morgan fingerprint density at radius 1 is 1.44 bits per heavy atom. The average Bonchev–Trinajstić information content (AvgIpc) is 2.66. The highest BCUT2D eigenvalue weighted by Crippen LogP contribution is 2.39. The quantitative estimate of drug-likeness (QED) is 0.836. The Balaban J connectivity index is 2.81. The summed E-state index contributed by atoms with van der Waals surface area (Å²) in [6.45, 7) is 6.21. The molecule has 18 heavy (non-hydrogen) atoms. The summed E-state index contributed by atoms with van der Waals surface area (Å²) in [6.07, 6.45) is 3.37. The number of hydrogen-bond acceptors (Lipinski definition) is 6. The van der Waals surface area contributed by atoms with Crippen LogP contribution in [0.4, 0.5) is 10.8 Å². The predicted octanol–water partition coefficient (Wildman–Crippen LogP) is 3.09. The van der Waals surface area contributed by atoms with Gasteiger partial charge in [0, 0.05) is 13.1 Å². The van der Waals surface area contributed by atoms with Gasteiger partial charge in [0.1, 0.15) is 0 Å². The molecule has 1 atom stereocenters. The molecule has 0 amide bonds. The summed E-state index contributed by atoms with van der Waals surface area (Å²) < 4.78 is 9.97. The van der Waals surface area contributed by atoms with Crippen molar-refractivity contribution in [2.45, 2.75) is 39.3 Å². The van der Waals surface area contributed by atoms with Gasteiger partial charge in [0.05, 0.1) is 6.10 Å². The summed E-state index contributed by atoms with van der Waals surface area (Å²) in [6, 6.07) is 0.451. The molecule has 4 nitrogen and oxygen atoms in total. The molecule has 6 heteroatoms. The molecule has 0 bridgehead atoms. The van der Waals surface area contributed by atoms with Crippen LogP contribution < -0.4 is 15.4 Å². The van der Waals surface area contributed by atoms with Crippen molar-refractivity contribution in [2.75, 3.05) is 29.7 Å². The minimum atomic E-state index is 0.109. The van der Waals surface area contributed by atoms with Gasteiger partial charge in [0.2, 0.25) is 0 Å². The molecule has 0 spiro atoms. The van der Waals surface area contributed by atoms with E-state index in [1.54, 1.807) is 0 Å². The number of hydrogen-bond donors (Lipinski definition) is 1. The Kier molecular flexibility index (Phi) is 6.08. The van der Waals surface area contributed by atoms with Crippen LogP contribution in [-0.2, 0) is 0 Å². The number of nitrogens with zero attached hydrogens (tertiary/aromatic N) is 2. The van der Waals surface area contributed by atoms with Crippen molar-refractivity contribution in [3.63, 3.8) is 0 Å². The van der Waals surface area contributed by atoms with E-state index in [-0.39, 0.29) is 6.10 Å². The third kappa shape index (κ3) is 3.95. The van der Waals surface area contributed by atoms with Gasteiger partial charge >= 0.3 is 0 Å². The zero-order chi connectivity index (χ0) is 13.7. The van der Waals surface area contributed by atoms with Gasteiger partial charge in [-0.05, 0) is 50.7 Å². The Morgan fingerprint density at radius 2 is 2.11 bits per heavy atom. The van der Waals surface area contributed by atoms with Crippen LogP contribution in [0.15, 0.2) is 0 Å². The molecule has 0 saturated heterocycles. The van der Waals surface area contributed by atoms with Gasteiger partial charge < -0.3 is 15.4 Å². The molecule has 1 rings (SSSR count). The van der Waals surface area contributed by atoms with E-state index in [0.717, 1.165) is 22.9 Å². The maximum Gasteiger partial charge on any atom is 0.198 e. The highest BCUT2D eigenvalue weighted by Gasteiger charge is 2.21. The van der Waals surface area contributed by atoms with Crippen LogP contribution in [-0.4, -0.2) is 35.6 Å². The summed E-state index contributed by atoms with van der Waals surface area (Å²) >= 11 is 3.27. The van der Waals surface area contributed by atoms with Crippen molar-refractivity contribution in [1.29, 1.82) is 0 Å². The monoisotopic (exact) mass is 289 g/mol. The maximum atomic E-state index is 5.87. The minimum absolute atomic E-state index is 0.109. The van der Waals surface area contributed by atoms with Crippen molar-refractivity contribution >= 4 is 34.1 Å². The lowest BCUT2D eigenvalue weighted by molar-refractivity contribution is 0.244. The molecule has 1 aromatic heterocycles. The van der Waals surface area contributed by atoms with Gasteiger partial charge in [-0.1, -0.05) is 0 Å². The fourth-order valence-corrected chi connectivity index (χ4v) is 2.93. The van der Waals surface area contributed by atoms with Gasteiger partial charge in [-0.3, -0.25) is 0 Å². The van der Waals surface area contributed by atoms with E-state index in [9.17, 15) is 0 Å². The number of rotatable bonds is 7. The van der Waals surface area contributed by atoms with Crippen LogP contribution in [0.1, 0.15) is 27.2 Å². The largest absolute Gasteiger partial charge is 0.484 e. The average molecular weight is 289 g/mol. The van der Waals surface area contributed by atoms with Gasteiger partial charge in [0.25, 0.3) is 0 Å². The Morgan fingerprint density at radius 3 is 2.67 bits per heavy atom. The van der Waals surface area contributed by atoms with Crippen molar-refractivity contribution in [1.82, 2.24) is 4.37 Å². The summed E-state index contributed by atoms with van der Waals surface area (Å²) in [5.74, 6) is 2.38. The molecular formula is C12H23N3OS2. The smallest absolute Gasteiger partial charge is 0.198 e. The summed E-state index contributed by atoms with van der Waals surface area (Å²) in [7, 11) is 2.07. The number of ether oxygens (including phenoxy) is 1. The second-order valence-electron chi connectivity index (χ2n) is 4.61. The molecule has 2 N–H and O–H groups in total. The van der Waals surface area contributed by atoms with Crippen molar-refractivity contribution in [2.24, 2.45) is 0 Å². The molecule has 1 unspecified atom stereocenters. The van der Waals surface area contributed by atoms with Crippen LogP contribution in [0.5, 0.6) is 5.75 Å². The minimum Gasteiger partial charge on any atom is -0.484 e. The van der Waals surface area contributed by atoms with Crippen molar-refractivity contribution < 1.29 is 4.74 Å². The molecule has 0 fully saturated rings. The van der Waals surface area contributed by atoms with Gasteiger partial charge in [0.15, 0.2) is 16.6 Å². The molecule has 1 heterocycles. The Hall–Kier alpha value is -0.620. The van der Waals surface area contributed by atoms with E-state index in [0.29, 0.717) is 11.9 Å². The number of nitrogens with two attached hydrogens (primary N) is 1. The third-order valence-corrected chi connectivity index (χ3v) is 4.31. The maximum absolute atomic E-state index is 5.87. The molecule has 0 radical (unpaired) electrons. The molecule has 1 aromatic rings. The molecule has 0 aliphatic heterocycles. The number of anilines is 2. The first-order chi connectivity index (χ1) is 8.47. The summed E-state index contributed by atoms with van der Waals surface area (Å²) in [5.41, 5.74) is 5.87. The Labute approximate surface area is 118 Å². The van der Waals surface area contributed by atoms with Gasteiger partial charge in [-0.15, -0.1) is 0 Å². The Bertz CT molecular complexity index is 368. The SMILES string of the molecule is CSCCC(C)N(C)c1snc(N)c1OC(C)C. The van der Waals surface area contributed by atoms with E-state index in [2.05, 4.69) is 29.5 Å². The molecule has 104 valence electrons. The van der Waals surface area contributed by atoms with Crippen LogP contribution in [0.2, 0.25) is 0 Å². The van der Waals surface area contributed by atoms with Crippen LogP contribution >= 0.6 is 23.3 Å². The summed E-state index contributed by atoms with van der Waals surface area (Å²) in [4.78, 5) is 2.21. The second-order valence-corrected chi connectivity index (χ2v) is 6.35. The van der Waals surface area contributed by atoms with E-state index < -0.39 is 0 Å². The van der Waals surface area contributed by atoms with Gasteiger partial charge in [-0.25, -0.2) is 0 Å². The lowest BCUT2D eigenvalue weighted by Crippen LogP contribution is -2.29. The second kappa shape index (κ2) is 7.09. The lowest BCUT2D eigenvalue weighted by Gasteiger charge is -2.26. The van der Waals surface area contributed by atoms with Gasteiger partial charge in [-0.2, -0.15) is 16.1 Å². The lowest BCUT2D eigenvalue weighted by atomic mass is 10.2. The van der Waals surface area contributed by atoms with E-state index in [4.69, 9.17) is 10.5 Å². The van der Waals surface area contributed by atoms with Crippen LogP contribution in [0.3, 0.4) is 0 Å². The van der Waals surface area contributed by atoms with Crippen LogP contribution in [0.25, 0.3) is 0 Å². The standard InChI is InChI=1S/C12H23N3OS2/c1-8(2)16-10-11(13)14-18-12(10)15(4)9(3)6-7-17-5/h8-9H,6-7H2,1-5H3,(H2,13,14). The molecule has 0 aliphatic rings. The fraction of sp³-hybridized carbons (Fsp3) is 0.750. The topological polar surface area (TPSA) is 51.4 Å². The predicted molar refractivity (Wildman–Crippen MR) is 83.2 cm³/mol. The zero-order valence-corrected chi connectivity index (χ0v) is 13.4. The van der Waals surface area contributed by atoms with E-state index in [1.165, 1.54) is 11.5 Å². The summed E-state index contributed by atoms with van der Waals surface area (Å²) in [5, 5.41) is 1.02. The molecular weight excluding hydrogens is 266 g/mol. The number of aromatic nitrogens is 1. The fourth-order valence-electron chi connectivity index (χ4n) is 1.54. The van der Waals surface area contributed by atoms with Crippen molar-refractivity contribution in [3.8, 4) is 5.75 Å². The number of nitrogen functional groups attached to an aromatic ring is 1. The highest BCUT2D eigenvalue weighted by atomic mass is 32.2. The molecule has 0 aliphatic carbocycles. The normalized spacial score (nSPS) is 12.8. The van der Waals surface area contributed by atoms with Crippen molar-refractivity contribution in [3.05, 3.63) is 0 Å². The molecule has 0 saturated carbocycles.